The molecule has 0 spiro atoms. The number of aliphatic hydroxyl groups is 1. The number of nitrogens with zero attached hydrogens (tertiary/aromatic N) is 2. The number of rotatable bonds is 7. The largest absolute Gasteiger partial charge is 0.507 e. The van der Waals surface area contributed by atoms with E-state index in [-0.39, 0.29) is 11.3 Å². The van der Waals surface area contributed by atoms with E-state index in [1.165, 1.54) is 0 Å². The van der Waals surface area contributed by atoms with E-state index in [1.807, 2.05) is 55.4 Å². The zero-order valence-corrected chi connectivity index (χ0v) is 19.3. The highest BCUT2D eigenvalue weighted by Crippen LogP contribution is 2.41. The Morgan fingerprint density at radius 3 is 2.79 bits per heavy atom. The summed E-state index contributed by atoms with van der Waals surface area (Å²) < 4.78 is 11.0. The monoisotopic (exact) mass is 450 g/mol. The van der Waals surface area contributed by atoms with Gasteiger partial charge >= 0.3 is 0 Å². The zero-order valence-electron chi connectivity index (χ0n) is 19.3. The summed E-state index contributed by atoms with van der Waals surface area (Å²) in [5.74, 6) is -0.00296. The Kier molecular flexibility index (Phi) is 6.70. The number of hydrogen-bond donors (Lipinski definition) is 1. The van der Waals surface area contributed by atoms with E-state index < -0.39 is 17.7 Å². The van der Waals surface area contributed by atoms with Gasteiger partial charge in [0.1, 0.15) is 17.3 Å². The average Bonchev–Trinajstić information content (AvgIpc) is 3.08. The molecule has 2 aromatic carbocycles. The number of fused-ring (bicyclic) bond motifs is 1. The summed E-state index contributed by atoms with van der Waals surface area (Å²) in [5, 5.41) is 11.3. The molecule has 0 saturated carbocycles. The van der Waals surface area contributed by atoms with Crippen LogP contribution in [0.25, 0.3) is 5.76 Å². The molecule has 2 aliphatic heterocycles. The third kappa shape index (κ3) is 4.59. The summed E-state index contributed by atoms with van der Waals surface area (Å²) in [6.45, 7) is 1.85. The van der Waals surface area contributed by atoms with Gasteiger partial charge in [-0.15, -0.1) is 0 Å². The molecule has 7 nitrogen and oxygen atoms in total. The summed E-state index contributed by atoms with van der Waals surface area (Å²) in [6, 6.07) is 12.0. The van der Waals surface area contributed by atoms with Crippen molar-refractivity contribution >= 4 is 17.4 Å². The summed E-state index contributed by atoms with van der Waals surface area (Å²) >= 11 is 0. The number of benzene rings is 2. The molecule has 0 aromatic heterocycles. The number of ketones is 1. The number of hydrogen-bond acceptors (Lipinski definition) is 6. The highest BCUT2D eigenvalue weighted by molar-refractivity contribution is 6.46. The minimum atomic E-state index is -0.686. The predicted octanol–water partition coefficient (Wildman–Crippen LogP) is 3.39. The first-order chi connectivity index (χ1) is 15.9. The minimum absolute atomic E-state index is 0.106. The Bertz CT molecular complexity index is 1090. The summed E-state index contributed by atoms with van der Waals surface area (Å²) in [6.07, 6.45) is 2.45. The first-order valence-corrected chi connectivity index (χ1v) is 11.2. The lowest BCUT2D eigenvalue weighted by Crippen LogP contribution is -2.32. The molecule has 1 saturated heterocycles. The molecule has 1 fully saturated rings. The van der Waals surface area contributed by atoms with Crippen LogP contribution in [-0.2, 0) is 16.0 Å². The smallest absolute Gasteiger partial charge is 0.295 e. The van der Waals surface area contributed by atoms with Crippen LogP contribution < -0.4 is 9.47 Å². The van der Waals surface area contributed by atoms with Crippen LogP contribution in [0, 0.1) is 0 Å². The van der Waals surface area contributed by atoms with E-state index in [1.54, 1.807) is 18.1 Å². The molecule has 33 heavy (non-hydrogen) atoms. The van der Waals surface area contributed by atoms with Crippen LogP contribution in [0.3, 0.4) is 0 Å². The lowest BCUT2D eigenvalue weighted by atomic mass is 9.94. The number of carbonyl (C=O) groups is 2. The van der Waals surface area contributed by atoms with Crippen molar-refractivity contribution in [3.63, 3.8) is 0 Å². The van der Waals surface area contributed by atoms with Gasteiger partial charge in [0.05, 0.1) is 25.3 Å². The summed E-state index contributed by atoms with van der Waals surface area (Å²) in [4.78, 5) is 29.8. The maximum Gasteiger partial charge on any atom is 0.295 e. The molecule has 1 amide bonds. The highest BCUT2D eigenvalue weighted by Gasteiger charge is 2.46. The van der Waals surface area contributed by atoms with Gasteiger partial charge in [0.2, 0.25) is 0 Å². The topological polar surface area (TPSA) is 79.3 Å². The molecule has 0 bridgehead atoms. The second kappa shape index (κ2) is 9.67. The molecule has 1 atom stereocenters. The van der Waals surface area contributed by atoms with E-state index in [0.29, 0.717) is 30.9 Å². The molecular formula is C26H30N2O5. The third-order valence-electron chi connectivity index (χ3n) is 6.14. The van der Waals surface area contributed by atoms with Gasteiger partial charge in [-0.1, -0.05) is 12.1 Å². The Morgan fingerprint density at radius 2 is 2.03 bits per heavy atom. The van der Waals surface area contributed by atoms with Crippen molar-refractivity contribution in [2.24, 2.45) is 0 Å². The van der Waals surface area contributed by atoms with Gasteiger partial charge in [-0.3, -0.25) is 9.59 Å². The number of aryl methyl sites for hydroxylation is 1. The number of aliphatic hydroxyl groups excluding tert-OH is 1. The first-order valence-electron chi connectivity index (χ1n) is 11.2. The van der Waals surface area contributed by atoms with E-state index >= 15 is 0 Å². The summed E-state index contributed by atoms with van der Waals surface area (Å²) in [5.41, 5.74) is 2.33. The van der Waals surface area contributed by atoms with Crippen molar-refractivity contribution < 1.29 is 24.2 Å². The van der Waals surface area contributed by atoms with Gasteiger partial charge in [0.15, 0.2) is 0 Å². The van der Waals surface area contributed by atoms with E-state index in [0.717, 1.165) is 36.3 Å². The lowest BCUT2D eigenvalue weighted by Gasteiger charge is -2.26. The quantitative estimate of drug-likeness (QED) is 0.396. The molecule has 7 heteroatoms. The highest BCUT2D eigenvalue weighted by atomic mass is 16.5. The van der Waals surface area contributed by atoms with Gasteiger partial charge in [-0.25, -0.2) is 0 Å². The van der Waals surface area contributed by atoms with Crippen molar-refractivity contribution in [1.82, 2.24) is 9.80 Å². The van der Waals surface area contributed by atoms with E-state index in [9.17, 15) is 14.7 Å². The van der Waals surface area contributed by atoms with Crippen LogP contribution in [0.5, 0.6) is 11.5 Å². The van der Waals surface area contributed by atoms with Crippen molar-refractivity contribution in [1.29, 1.82) is 0 Å². The zero-order chi connectivity index (χ0) is 23.5. The predicted molar refractivity (Wildman–Crippen MR) is 125 cm³/mol. The molecule has 4 rings (SSSR count). The molecule has 174 valence electrons. The van der Waals surface area contributed by atoms with Gasteiger partial charge in [0, 0.05) is 12.1 Å². The third-order valence-corrected chi connectivity index (χ3v) is 6.14. The van der Waals surface area contributed by atoms with E-state index in [4.69, 9.17) is 9.47 Å². The van der Waals surface area contributed by atoms with Crippen LogP contribution in [0.4, 0.5) is 0 Å². The van der Waals surface area contributed by atoms with E-state index in [2.05, 4.69) is 0 Å². The number of ether oxygens (including phenoxy) is 2. The maximum atomic E-state index is 13.2. The Morgan fingerprint density at radius 1 is 1.21 bits per heavy atom. The van der Waals surface area contributed by atoms with Crippen LogP contribution in [0.1, 0.15) is 35.6 Å². The van der Waals surface area contributed by atoms with Crippen LogP contribution >= 0.6 is 0 Å². The van der Waals surface area contributed by atoms with Crippen LogP contribution in [0.15, 0.2) is 48.0 Å². The lowest BCUT2D eigenvalue weighted by molar-refractivity contribution is -0.139. The van der Waals surface area contributed by atoms with Crippen LogP contribution in [0.2, 0.25) is 0 Å². The molecule has 2 aliphatic rings. The van der Waals surface area contributed by atoms with Crippen molar-refractivity contribution in [3.05, 3.63) is 64.7 Å². The number of likely N-dealkylation sites (tertiary alicyclic amines) is 1. The first kappa shape index (κ1) is 22.9. The van der Waals surface area contributed by atoms with Crippen LogP contribution in [-0.4, -0.2) is 67.5 Å². The Hall–Kier alpha value is -3.32. The molecule has 0 radical (unpaired) electrons. The van der Waals surface area contributed by atoms with Gasteiger partial charge in [-0.2, -0.15) is 0 Å². The number of carbonyl (C=O) groups excluding carboxylic acids is 2. The van der Waals surface area contributed by atoms with Gasteiger partial charge < -0.3 is 24.4 Å². The second-order valence-corrected chi connectivity index (χ2v) is 8.70. The maximum absolute atomic E-state index is 13.2. The fourth-order valence-electron chi connectivity index (χ4n) is 4.49. The van der Waals surface area contributed by atoms with Gasteiger partial charge in [0.25, 0.3) is 11.7 Å². The Labute approximate surface area is 194 Å². The Balaban J connectivity index is 1.79. The number of amides is 1. The second-order valence-electron chi connectivity index (χ2n) is 8.70. The molecule has 1 N–H and O–H groups in total. The van der Waals surface area contributed by atoms with Gasteiger partial charge in [-0.05, 0) is 81.4 Å². The fraction of sp³-hybridized carbons (Fsp3) is 0.385. The number of methoxy groups -OCH3 is 1. The molecule has 2 heterocycles. The van der Waals surface area contributed by atoms with Crippen molar-refractivity contribution in [2.75, 3.05) is 40.9 Å². The molecule has 0 aliphatic carbocycles. The van der Waals surface area contributed by atoms with Crippen molar-refractivity contribution in [2.45, 2.75) is 25.3 Å². The molecule has 2 aromatic rings. The summed E-state index contributed by atoms with van der Waals surface area (Å²) in [7, 11) is 5.50. The normalized spacial score (nSPS) is 19.5. The average molecular weight is 451 g/mol. The number of Topliss-reactive ketones (excluding diaryl/α,β-unsaturated/α-hetero) is 1. The fourth-order valence-corrected chi connectivity index (χ4v) is 4.49. The van der Waals surface area contributed by atoms with Crippen molar-refractivity contribution in [3.8, 4) is 11.5 Å². The SMILES string of the molecule is COc1cccc(C2/C(=C(/O)c3ccc4c(c3)CCCO4)C(=O)C(=O)N2CCCN(C)C)c1. The molecule has 1 unspecified atom stereocenters. The standard InChI is InChI=1S/C26H30N2O5/c1-27(2)12-6-13-28-23(18-7-4-9-20(16-18)32-3)22(25(30)26(28)31)24(29)19-10-11-21-17(15-19)8-5-14-33-21/h4,7,9-11,15-16,23,29H,5-6,8,12-14H2,1-3H3/b24-22-. The minimum Gasteiger partial charge on any atom is -0.507 e. The molecular weight excluding hydrogens is 420 g/mol.